The first-order valence-corrected chi connectivity index (χ1v) is 6.91. The average Bonchev–Trinajstić information content (AvgIpc) is 2.27. The van der Waals surface area contributed by atoms with Crippen molar-refractivity contribution in [3.05, 3.63) is 12.2 Å². The van der Waals surface area contributed by atoms with Crippen LogP contribution in [0, 0.1) is 11.3 Å². The smallest absolute Gasteiger partial charge is 0.0855 e. The van der Waals surface area contributed by atoms with Crippen molar-refractivity contribution in [2.24, 2.45) is 11.3 Å². The maximum atomic E-state index is 10.6. The molecule has 0 bridgehead atoms. The van der Waals surface area contributed by atoms with Gasteiger partial charge in [-0.25, -0.2) is 0 Å². The number of aliphatic hydroxyl groups is 3. The molecule has 5 atom stereocenters. The van der Waals surface area contributed by atoms with Crippen molar-refractivity contribution in [2.75, 3.05) is 0 Å². The van der Waals surface area contributed by atoms with Gasteiger partial charge in [0, 0.05) is 0 Å². The van der Waals surface area contributed by atoms with Gasteiger partial charge in [-0.2, -0.15) is 0 Å². The quantitative estimate of drug-likeness (QED) is 0.627. The van der Waals surface area contributed by atoms with Crippen LogP contribution in [0.25, 0.3) is 0 Å². The standard InChI is InChI=1S/C15H26O3/c1-10(2)15(18)8-7-13(3)11(9-15)14(4,17)6-5-12(13)16/h11-12,16-18H,1,5-9H2,2-4H3. The van der Waals surface area contributed by atoms with E-state index in [-0.39, 0.29) is 17.4 Å². The third kappa shape index (κ3) is 1.93. The first-order valence-electron chi connectivity index (χ1n) is 6.91. The van der Waals surface area contributed by atoms with E-state index in [1.165, 1.54) is 0 Å². The fourth-order valence-corrected chi connectivity index (χ4v) is 3.97. The molecule has 3 nitrogen and oxygen atoms in total. The highest BCUT2D eigenvalue weighted by atomic mass is 16.3. The topological polar surface area (TPSA) is 60.7 Å². The van der Waals surface area contributed by atoms with Gasteiger partial charge in [0.15, 0.2) is 0 Å². The largest absolute Gasteiger partial charge is 0.393 e. The second-order valence-corrected chi connectivity index (χ2v) is 6.99. The molecule has 2 rings (SSSR count). The fraction of sp³-hybridized carbons (Fsp3) is 0.867. The number of hydrogen-bond donors (Lipinski definition) is 3. The molecule has 0 aliphatic heterocycles. The van der Waals surface area contributed by atoms with Crippen LogP contribution in [0.4, 0.5) is 0 Å². The lowest BCUT2D eigenvalue weighted by atomic mass is 9.51. The molecule has 0 amide bonds. The van der Waals surface area contributed by atoms with Gasteiger partial charge < -0.3 is 15.3 Å². The van der Waals surface area contributed by atoms with Gasteiger partial charge in [0.25, 0.3) is 0 Å². The molecule has 2 saturated carbocycles. The predicted molar refractivity (Wildman–Crippen MR) is 71.1 cm³/mol. The van der Waals surface area contributed by atoms with Crippen LogP contribution in [0.15, 0.2) is 12.2 Å². The maximum Gasteiger partial charge on any atom is 0.0855 e. The van der Waals surface area contributed by atoms with E-state index in [1.807, 2.05) is 20.8 Å². The van der Waals surface area contributed by atoms with Crippen LogP contribution >= 0.6 is 0 Å². The Kier molecular flexibility index (Phi) is 3.16. The van der Waals surface area contributed by atoms with E-state index in [1.54, 1.807) is 0 Å². The van der Waals surface area contributed by atoms with E-state index in [2.05, 4.69) is 6.58 Å². The van der Waals surface area contributed by atoms with Crippen LogP contribution < -0.4 is 0 Å². The number of rotatable bonds is 1. The Morgan fingerprint density at radius 3 is 2.33 bits per heavy atom. The SMILES string of the molecule is C=C(C)C1(O)CCC2(C)C(O)CCC(C)(O)C2C1. The van der Waals surface area contributed by atoms with Crippen molar-refractivity contribution in [3.63, 3.8) is 0 Å². The second-order valence-electron chi connectivity index (χ2n) is 6.99. The zero-order chi connectivity index (χ0) is 13.8. The maximum absolute atomic E-state index is 10.6. The summed E-state index contributed by atoms with van der Waals surface area (Å²) in [6.07, 6.45) is 2.73. The van der Waals surface area contributed by atoms with Crippen molar-refractivity contribution < 1.29 is 15.3 Å². The molecular weight excluding hydrogens is 228 g/mol. The Balaban J connectivity index is 2.34. The van der Waals surface area contributed by atoms with Crippen LogP contribution in [-0.2, 0) is 0 Å². The molecule has 104 valence electrons. The molecule has 0 spiro atoms. The minimum atomic E-state index is -0.884. The molecular formula is C15H26O3. The summed E-state index contributed by atoms with van der Waals surface area (Å²) < 4.78 is 0. The lowest BCUT2D eigenvalue weighted by Crippen LogP contribution is -2.60. The molecule has 2 aliphatic carbocycles. The molecule has 2 aliphatic rings. The van der Waals surface area contributed by atoms with Crippen LogP contribution in [0.2, 0.25) is 0 Å². The summed E-state index contributed by atoms with van der Waals surface area (Å²) in [5, 5.41) is 31.5. The van der Waals surface area contributed by atoms with E-state index in [0.717, 1.165) is 12.0 Å². The van der Waals surface area contributed by atoms with Crippen molar-refractivity contribution in [2.45, 2.75) is 70.2 Å². The first-order chi connectivity index (χ1) is 8.12. The Morgan fingerprint density at radius 1 is 1.17 bits per heavy atom. The molecule has 18 heavy (non-hydrogen) atoms. The highest BCUT2D eigenvalue weighted by Gasteiger charge is 2.57. The van der Waals surface area contributed by atoms with Crippen LogP contribution in [0.5, 0.6) is 0 Å². The molecule has 3 N–H and O–H groups in total. The molecule has 0 aromatic rings. The lowest BCUT2D eigenvalue weighted by molar-refractivity contribution is -0.193. The number of hydrogen-bond acceptors (Lipinski definition) is 3. The zero-order valence-corrected chi connectivity index (χ0v) is 11.7. The van der Waals surface area contributed by atoms with Gasteiger partial charge in [0.2, 0.25) is 0 Å². The Bertz CT molecular complexity index is 363. The van der Waals surface area contributed by atoms with E-state index in [4.69, 9.17) is 0 Å². The second kappa shape index (κ2) is 4.06. The van der Waals surface area contributed by atoms with Crippen molar-refractivity contribution in [3.8, 4) is 0 Å². The minimum Gasteiger partial charge on any atom is -0.393 e. The van der Waals surface area contributed by atoms with Crippen LogP contribution in [0.3, 0.4) is 0 Å². The van der Waals surface area contributed by atoms with Gasteiger partial charge in [0.1, 0.15) is 0 Å². The number of aliphatic hydroxyl groups excluding tert-OH is 1. The summed E-state index contributed by atoms with van der Waals surface area (Å²) in [7, 11) is 0. The van der Waals surface area contributed by atoms with Gasteiger partial charge in [-0.1, -0.05) is 13.5 Å². The summed E-state index contributed by atoms with van der Waals surface area (Å²) in [4.78, 5) is 0. The summed E-state index contributed by atoms with van der Waals surface area (Å²) in [6.45, 7) is 9.62. The Labute approximate surface area is 110 Å². The van der Waals surface area contributed by atoms with Crippen molar-refractivity contribution >= 4 is 0 Å². The van der Waals surface area contributed by atoms with Crippen LogP contribution in [0.1, 0.15) is 52.9 Å². The summed E-state index contributed by atoms with van der Waals surface area (Å²) >= 11 is 0. The summed E-state index contributed by atoms with van der Waals surface area (Å²) in [5.74, 6) is -0.0794. The van der Waals surface area contributed by atoms with Gasteiger partial charge in [-0.3, -0.25) is 0 Å². The summed E-state index contributed by atoms with van der Waals surface area (Å²) in [6, 6.07) is 0. The van der Waals surface area contributed by atoms with E-state index in [9.17, 15) is 15.3 Å². The number of fused-ring (bicyclic) bond motifs is 1. The van der Waals surface area contributed by atoms with E-state index < -0.39 is 11.2 Å². The van der Waals surface area contributed by atoms with Gasteiger partial charge in [-0.15, -0.1) is 0 Å². The van der Waals surface area contributed by atoms with Gasteiger partial charge >= 0.3 is 0 Å². The average molecular weight is 254 g/mol. The molecule has 0 saturated heterocycles. The molecule has 0 aromatic carbocycles. The molecule has 0 radical (unpaired) electrons. The molecule has 3 heteroatoms. The van der Waals surface area contributed by atoms with Gasteiger partial charge in [0.05, 0.1) is 17.3 Å². The van der Waals surface area contributed by atoms with E-state index in [0.29, 0.717) is 25.7 Å². The Hall–Kier alpha value is -0.380. The zero-order valence-electron chi connectivity index (χ0n) is 11.7. The first kappa shape index (κ1) is 14.0. The van der Waals surface area contributed by atoms with E-state index >= 15 is 0 Å². The van der Waals surface area contributed by atoms with Gasteiger partial charge in [-0.05, 0) is 62.9 Å². The highest BCUT2D eigenvalue weighted by Crippen LogP contribution is 2.57. The lowest BCUT2D eigenvalue weighted by Gasteiger charge is -2.58. The van der Waals surface area contributed by atoms with Crippen LogP contribution in [-0.4, -0.2) is 32.6 Å². The monoisotopic (exact) mass is 254 g/mol. The van der Waals surface area contributed by atoms with Crippen molar-refractivity contribution in [1.82, 2.24) is 0 Å². The third-order valence-corrected chi connectivity index (χ3v) is 5.65. The summed E-state index contributed by atoms with van der Waals surface area (Å²) in [5.41, 5.74) is -1.22. The minimum absolute atomic E-state index is 0.0794. The Morgan fingerprint density at radius 2 is 1.78 bits per heavy atom. The molecule has 2 fully saturated rings. The normalized spacial score (nSPS) is 52.8. The third-order valence-electron chi connectivity index (χ3n) is 5.65. The highest BCUT2D eigenvalue weighted by molar-refractivity contribution is 5.17. The fourth-order valence-electron chi connectivity index (χ4n) is 3.97. The predicted octanol–water partition coefficient (Wildman–Crippen LogP) is 2.01. The molecule has 0 heterocycles. The molecule has 0 aromatic heterocycles. The molecule has 5 unspecified atom stereocenters. The van der Waals surface area contributed by atoms with Crippen molar-refractivity contribution in [1.29, 1.82) is 0 Å².